The van der Waals surface area contributed by atoms with Gasteiger partial charge < -0.3 is 10.4 Å². The number of aliphatic carboxylic acids is 1. The number of nitrogens with zero attached hydrogens (tertiary/aromatic N) is 3. The monoisotopic (exact) mass is 416 g/mol. The van der Waals surface area contributed by atoms with Gasteiger partial charge in [0.2, 0.25) is 0 Å². The van der Waals surface area contributed by atoms with Crippen LogP contribution in [-0.4, -0.2) is 43.5 Å². The van der Waals surface area contributed by atoms with Gasteiger partial charge in [0.15, 0.2) is 32.1 Å². The number of hydrogen-bond acceptors (Lipinski definition) is 6. The summed E-state index contributed by atoms with van der Waals surface area (Å²) in [6.07, 6.45) is 0.747. The Hall–Kier alpha value is -2.51. The normalized spacial score (nSPS) is 12.2. The van der Waals surface area contributed by atoms with Crippen LogP contribution in [0.5, 0.6) is 0 Å². The molecule has 0 saturated heterocycles. The highest BCUT2D eigenvalue weighted by Gasteiger charge is 2.31. The summed E-state index contributed by atoms with van der Waals surface area (Å²) < 4.78 is 76.9. The molecule has 0 aliphatic rings. The van der Waals surface area contributed by atoms with Gasteiger partial charge in [-0.3, -0.25) is 4.79 Å². The first-order valence-corrected chi connectivity index (χ1v) is 9.59. The van der Waals surface area contributed by atoms with E-state index >= 15 is 0 Å². The van der Waals surface area contributed by atoms with Crippen molar-refractivity contribution in [3.63, 3.8) is 0 Å². The van der Waals surface area contributed by atoms with Crippen molar-refractivity contribution in [2.75, 3.05) is 12.0 Å². The molecule has 0 spiro atoms. The summed E-state index contributed by atoms with van der Waals surface area (Å²) in [5.74, 6) is -13.1. The maximum Gasteiger partial charge on any atom is 0.327 e. The zero-order chi connectivity index (χ0) is 20.2. The van der Waals surface area contributed by atoms with E-state index in [9.17, 15) is 35.6 Å². The Balaban J connectivity index is 3.28. The van der Waals surface area contributed by atoms with E-state index in [1.165, 1.54) is 0 Å². The van der Waals surface area contributed by atoms with Gasteiger partial charge in [-0.25, -0.2) is 30.8 Å². The Labute approximate surface area is 146 Å². The Kier molecular flexibility index (Phi) is 6.83. The van der Waals surface area contributed by atoms with Crippen molar-refractivity contribution in [1.82, 2.24) is 5.32 Å². The second-order valence-electron chi connectivity index (χ2n) is 4.52. The second-order valence-corrected chi connectivity index (χ2v) is 9.02. The summed E-state index contributed by atoms with van der Waals surface area (Å²) >= 11 is 0. The zero-order valence-corrected chi connectivity index (χ0v) is 14.2. The molecule has 2 N–H and O–H groups in total. The summed E-state index contributed by atoms with van der Waals surface area (Å²) in [6.45, 7) is 0. The fraction of sp³-hybridized carbons (Fsp3) is 0.273. The lowest BCUT2D eigenvalue weighted by molar-refractivity contribution is -0.138. The van der Waals surface area contributed by atoms with Crippen LogP contribution < -0.4 is 5.32 Å². The van der Waals surface area contributed by atoms with E-state index in [2.05, 4.69) is 5.11 Å². The lowest BCUT2D eigenvalue weighted by Gasteiger charge is -2.15. The molecular formula is C11H8F4N4O5S2. The number of azide groups is 1. The summed E-state index contributed by atoms with van der Waals surface area (Å²) in [7, 11) is -3.59. The first-order chi connectivity index (χ1) is 11.9. The molecule has 26 heavy (non-hydrogen) atoms. The summed E-state index contributed by atoms with van der Waals surface area (Å²) in [6, 6.07) is -1.94. The lowest BCUT2D eigenvalue weighted by atomic mass is 10.1. The van der Waals surface area contributed by atoms with Crippen molar-refractivity contribution < 1.29 is 40.7 Å². The van der Waals surface area contributed by atoms with Crippen LogP contribution in [0.2, 0.25) is 0 Å². The van der Waals surface area contributed by atoms with Gasteiger partial charge in [0.1, 0.15) is 17.3 Å². The maximum absolute atomic E-state index is 13.8. The van der Waals surface area contributed by atoms with Gasteiger partial charge in [0, 0.05) is 16.9 Å². The summed E-state index contributed by atoms with van der Waals surface area (Å²) in [4.78, 5) is 24.8. The number of hydrogen-bond donors (Lipinski definition) is 2. The zero-order valence-electron chi connectivity index (χ0n) is 12.5. The quantitative estimate of drug-likeness (QED) is 0.173. The van der Waals surface area contributed by atoms with Gasteiger partial charge in [-0.15, -0.1) is 0 Å². The van der Waals surface area contributed by atoms with Crippen molar-refractivity contribution in [3.8, 4) is 0 Å². The number of halogens is 4. The van der Waals surface area contributed by atoms with E-state index in [1.807, 2.05) is 4.91 Å². The van der Waals surface area contributed by atoms with Gasteiger partial charge in [0.25, 0.3) is 5.91 Å². The van der Waals surface area contributed by atoms with Crippen LogP contribution >= 0.6 is 10.8 Å². The van der Waals surface area contributed by atoms with Crippen molar-refractivity contribution >= 4 is 37.2 Å². The summed E-state index contributed by atoms with van der Waals surface area (Å²) in [5, 5.41) is 12.9. The number of rotatable bonds is 7. The molecule has 142 valence electrons. The Morgan fingerprint density at radius 3 is 2.12 bits per heavy atom. The van der Waals surface area contributed by atoms with Crippen LogP contribution in [0.15, 0.2) is 5.11 Å². The molecule has 1 atom stereocenters. The number of benzene rings is 1. The third kappa shape index (κ3) is 5.00. The van der Waals surface area contributed by atoms with E-state index in [1.54, 1.807) is 5.32 Å². The molecule has 1 rings (SSSR count). The SMILES string of the molecule is CS(=O)(=O)SC[C@@H](NC(=O)c1c(F)c(F)c(N=[N+]=[N-])c(F)c1F)C(=O)O. The van der Waals surface area contributed by atoms with Gasteiger partial charge >= 0.3 is 5.97 Å². The number of carboxylic acid groups (broad SMARTS) is 1. The molecule has 0 aliphatic heterocycles. The lowest BCUT2D eigenvalue weighted by Crippen LogP contribution is -2.43. The van der Waals surface area contributed by atoms with E-state index < -0.39 is 67.1 Å². The molecule has 1 amide bonds. The van der Waals surface area contributed by atoms with E-state index in [4.69, 9.17) is 10.6 Å². The molecular weight excluding hydrogens is 408 g/mol. The molecule has 0 fully saturated rings. The predicted molar refractivity (Wildman–Crippen MR) is 81.3 cm³/mol. The highest BCUT2D eigenvalue weighted by atomic mass is 33.1. The Morgan fingerprint density at radius 2 is 1.73 bits per heavy atom. The number of carbonyl (C=O) groups excluding carboxylic acids is 1. The number of nitrogens with one attached hydrogen (secondary N) is 1. The standard InChI is InChI=1S/C11H8F4N4O5S2/c1-26(23,24)25-2-3(11(21)22)17-10(20)4-5(12)7(14)9(18-19-16)8(15)6(4)13/h3H,2H2,1H3,(H,17,20)(H,21,22)/t3-/m1/s1. The van der Waals surface area contributed by atoms with Gasteiger partial charge in [-0.1, -0.05) is 5.11 Å². The van der Waals surface area contributed by atoms with Crippen LogP contribution in [0.25, 0.3) is 10.4 Å². The van der Waals surface area contributed by atoms with Crippen molar-refractivity contribution in [2.24, 2.45) is 5.11 Å². The minimum Gasteiger partial charge on any atom is -0.480 e. The molecule has 9 nitrogen and oxygen atoms in total. The second kappa shape index (κ2) is 8.25. The first kappa shape index (κ1) is 21.5. The Morgan fingerprint density at radius 1 is 1.23 bits per heavy atom. The van der Waals surface area contributed by atoms with Gasteiger partial charge in [-0.05, 0) is 16.3 Å². The maximum atomic E-state index is 13.8. The van der Waals surface area contributed by atoms with Crippen molar-refractivity contribution in [3.05, 3.63) is 39.3 Å². The number of carboxylic acids is 1. The van der Waals surface area contributed by atoms with Crippen LogP contribution in [0, 0.1) is 23.3 Å². The third-order valence-electron chi connectivity index (χ3n) is 2.66. The molecule has 0 aliphatic carbocycles. The van der Waals surface area contributed by atoms with E-state index in [0.717, 1.165) is 6.26 Å². The molecule has 0 saturated carbocycles. The van der Waals surface area contributed by atoms with Gasteiger partial charge in [-0.2, -0.15) is 0 Å². The molecule has 0 unspecified atom stereocenters. The van der Waals surface area contributed by atoms with E-state index in [-0.39, 0.29) is 10.8 Å². The largest absolute Gasteiger partial charge is 0.480 e. The molecule has 0 radical (unpaired) electrons. The van der Waals surface area contributed by atoms with Crippen molar-refractivity contribution in [1.29, 1.82) is 0 Å². The van der Waals surface area contributed by atoms with Crippen LogP contribution in [-0.2, 0) is 13.7 Å². The van der Waals surface area contributed by atoms with Crippen LogP contribution in [0.1, 0.15) is 10.4 Å². The summed E-state index contributed by atoms with van der Waals surface area (Å²) in [5.41, 5.74) is 4.67. The predicted octanol–water partition coefficient (Wildman–Crippen LogP) is 2.06. The molecule has 1 aromatic carbocycles. The third-order valence-corrected chi connectivity index (χ3v) is 5.25. The van der Waals surface area contributed by atoms with Gasteiger partial charge in [0.05, 0.1) is 0 Å². The highest BCUT2D eigenvalue weighted by molar-refractivity contribution is 8.71. The van der Waals surface area contributed by atoms with E-state index in [0.29, 0.717) is 0 Å². The number of carbonyl (C=O) groups is 2. The van der Waals surface area contributed by atoms with Crippen LogP contribution in [0.3, 0.4) is 0 Å². The highest BCUT2D eigenvalue weighted by Crippen LogP contribution is 2.30. The minimum atomic E-state index is -3.71. The molecule has 15 heteroatoms. The average Bonchev–Trinajstić information content (AvgIpc) is 2.52. The Bertz CT molecular complexity index is 889. The fourth-order valence-electron chi connectivity index (χ4n) is 1.55. The average molecular weight is 416 g/mol. The number of amides is 1. The molecule has 0 bridgehead atoms. The van der Waals surface area contributed by atoms with Crippen LogP contribution in [0.4, 0.5) is 23.2 Å². The van der Waals surface area contributed by atoms with Crippen molar-refractivity contribution in [2.45, 2.75) is 6.04 Å². The molecule has 1 aromatic rings. The topological polar surface area (TPSA) is 149 Å². The first-order valence-electron chi connectivity index (χ1n) is 6.19. The molecule has 0 heterocycles. The fourth-order valence-corrected chi connectivity index (χ4v) is 3.31. The molecule has 0 aromatic heterocycles. The minimum absolute atomic E-state index is 0.117. The smallest absolute Gasteiger partial charge is 0.327 e.